The summed E-state index contributed by atoms with van der Waals surface area (Å²) < 4.78 is 9.53. The van der Waals surface area contributed by atoms with E-state index < -0.39 is 7.82 Å². The van der Waals surface area contributed by atoms with Crippen LogP contribution in [-0.2, 0) is 4.57 Å². The lowest BCUT2D eigenvalue weighted by Crippen LogP contribution is -2.46. The van der Waals surface area contributed by atoms with Crippen molar-refractivity contribution < 1.29 is 28.8 Å². The van der Waals surface area contributed by atoms with Gasteiger partial charge in [0.25, 0.3) is 0 Å². The minimum Gasteiger partial charge on any atom is -0.303 e. The number of quaternary nitrogens is 1. The molecule has 0 fully saturated rings. The smallest absolute Gasteiger partial charge is 0.303 e. The average molecular weight is 392 g/mol. The summed E-state index contributed by atoms with van der Waals surface area (Å²) in [6, 6.07) is 12.7. The molecule has 1 aliphatic carbocycles. The van der Waals surface area contributed by atoms with E-state index in [0.717, 1.165) is 18.8 Å². The first-order valence-electron chi connectivity index (χ1n) is 8.48. The molecule has 0 radical (unpaired) electrons. The Hall–Kier alpha value is -2.15. The highest BCUT2D eigenvalue weighted by Crippen LogP contribution is 2.35. The van der Waals surface area contributed by atoms with Crippen LogP contribution in [0, 0.1) is 0 Å². The summed E-state index contributed by atoms with van der Waals surface area (Å²) in [4.78, 5) is 47.3. The molecule has 1 aliphatic rings. The standard InChI is InChI=1S/C19H20NO2.H3O4P/c1-4-20(3,5-2)16-12-8-11-15-17(16)19(22)14-10-7-6-9-13(14)18(15)21;1-5(2,3)4/h6-12H,4-5H2,1-3H3;(H3,1,2,3,4)/q+1;. The zero-order valence-corrected chi connectivity index (χ0v) is 16.3. The summed E-state index contributed by atoms with van der Waals surface area (Å²) in [6.07, 6.45) is 0. The largest absolute Gasteiger partial charge is 0.466 e. The van der Waals surface area contributed by atoms with Gasteiger partial charge in [-0.15, -0.1) is 0 Å². The van der Waals surface area contributed by atoms with Crippen LogP contribution in [0.15, 0.2) is 42.5 Å². The average Bonchev–Trinajstić information content (AvgIpc) is 2.63. The van der Waals surface area contributed by atoms with E-state index in [4.69, 9.17) is 19.2 Å². The Bertz CT molecular complexity index is 921. The first-order chi connectivity index (χ1) is 12.5. The van der Waals surface area contributed by atoms with Crippen LogP contribution < -0.4 is 4.48 Å². The van der Waals surface area contributed by atoms with Crippen LogP contribution in [0.5, 0.6) is 0 Å². The third-order valence-electron chi connectivity index (χ3n) is 4.91. The molecule has 7 nitrogen and oxygen atoms in total. The molecule has 0 aliphatic heterocycles. The highest BCUT2D eigenvalue weighted by Gasteiger charge is 2.36. The van der Waals surface area contributed by atoms with Gasteiger partial charge in [0.1, 0.15) is 5.69 Å². The first-order valence-corrected chi connectivity index (χ1v) is 10.0. The molecule has 0 unspecified atom stereocenters. The third kappa shape index (κ3) is 4.40. The Kier molecular flexibility index (Phi) is 6.14. The summed E-state index contributed by atoms with van der Waals surface area (Å²) in [6.45, 7) is 5.95. The van der Waals surface area contributed by atoms with Crippen molar-refractivity contribution in [1.29, 1.82) is 0 Å². The molecule has 0 aromatic heterocycles. The summed E-state index contributed by atoms with van der Waals surface area (Å²) in [5, 5.41) is 0. The van der Waals surface area contributed by atoms with Gasteiger partial charge >= 0.3 is 7.82 Å². The number of nitrogens with zero attached hydrogens (tertiary/aromatic N) is 1. The molecular formula is C19H23NO6P+. The highest BCUT2D eigenvalue weighted by molar-refractivity contribution is 7.45. The maximum Gasteiger partial charge on any atom is 0.466 e. The van der Waals surface area contributed by atoms with Crippen molar-refractivity contribution in [1.82, 2.24) is 4.48 Å². The SMILES string of the molecule is CC[N+](C)(CC)c1cccc2c1C(=O)c1ccccc1C2=O.O=P(O)(O)O. The second kappa shape index (κ2) is 7.84. The zero-order valence-electron chi connectivity index (χ0n) is 15.4. The number of hydrogen-bond donors (Lipinski definition) is 3. The fourth-order valence-electron chi connectivity index (χ4n) is 3.14. The van der Waals surface area contributed by atoms with Gasteiger partial charge in [-0.05, 0) is 26.0 Å². The van der Waals surface area contributed by atoms with E-state index in [2.05, 4.69) is 20.9 Å². The topological polar surface area (TPSA) is 112 Å². The molecule has 2 aromatic rings. The van der Waals surface area contributed by atoms with Gasteiger partial charge in [0.15, 0.2) is 5.78 Å². The number of phosphoric acid groups is 1. The van der Waals surface area contributed by atoms with Crippen LogP contribution in [0.25, 0.3) is 0 Å². The van der Waals surface area contributed by atoms with E-state index in [9.17, 15) is 9.59 Å². The predicted molar refractivity (Wildman–Crippen MR) is 103 cm³/mol. The Labute approximate surface area is 157 Å². The summed E-state index contributed by atoms with van der Waals surface area (Å²) in [7, 11) is -2.53. The Morgan fingerprint density at radius 2 is 1.26 bits per heavy atom. The molecule has 0 amide bonds. The third-order valence-corrected chi connectivity index (χ3v) is 4.91. The summed E-state index contributed by atoms with van der Waals surface area (Å²) >= 11 is 0. The van der Waals surface area contributed by atoms with Crippen molar-refractivity contribution in [3.05, 3.63) is 64.7 Å². The van der Waals surface area contributed by atoms with Gasteiger partial charge < -0.3 is 14.7 Å². The van der Waals surface area contributed by atoms with E-state index >= 15 is 0 Å². The van der Waals surface area contributed by atoms with Crippen LogP contribution in [0.3, 0.4) is 0 Å². The van der Waals surface area contributed by atoms with E-state index in [0.29, 0.717) is 26.7 Å². The Morgan fingerprint density at radius 3 is 1.74 bits per heavy atom. The van der Waals surface area contributed by atoms with Crippen LogP contribution in [0.2, 0.25) is 0 Å². The molecule has 27 heavy (non-hydrogen) atoms. The van der Waals surface area contributed by atoms with Gasteiger partial charge in [0.05, 0.1) is 25.7 Å². The van der Waals surface area contributed by atoms with E-state index in [1.165, 1.54) is 0 Å². The zero-order chi connectivity index (χ0) is 20.4. The normalized spacial score (nSPS) is 13.4. The molecule has 3 N–H and O–H groups in total. The predicted octanol–water partition coefficient (Wildman–Crippen LogP) is 2.51. The highest BCUT2D eigenvalue weighted by atomic mass is 31.2. The molecular weight excluding hydrogens is 369 g/mol. The molecule has 2 aromatic carbocycles. The molecule has 0 bridgehead atoms. The molecule has 144 valence electrons. The van der Waals surface area contributed by atoms with Crippen LogP contribution in [0.1, 0.15) is 45.7 Å². The number of carbonyl (C=O) groups is 2. The van der Waals surface area contributed by atoms with Gasteiger partial charge in [-0.25, -0.2) is 4.57 Å². The lowest BCUT2D eigenvalue weighted by atomic mass is 9.82. The van der Waals surface area contributed by atoms with Gasteiger partial charge in [0, 0.05) is 16.7 Å². The minimum absolute atomic E-state index is 0.0351. The Morgan fingerprint density at radius 1 is 0.815 bits per heavy atom. The van der Waals surface area contributed by atoms with Crippen LogP contribution in [0.4, 0.5) is 5.69 Å². The second-order valence-electron chi connectivity index (χ2n) is 6.45. The maximum absolute atomic E-state index is 13.0. The van der Waals surface area contributed by atoms with Crippen molar-refractivity contribution in [2.75, 3.05) is 20.1 Å². The maximum atomic E-state index is 13.0. The number of carbonyl (C=O) groups excluding carboxylic acids is 2. The number of ketones is 2. The van der Waals surface area contributed by atoms with Crippen LogP contribution in [-0.4, -0.2) is 46.4 Å². The number of hydrogen-bond acceptors (Lipinski definition) is 3. The number of benzene rings is 2. The molecule has 0 heterocycles. The number of fused-ring (bicyclic) bond motifs is 2. The van der Waals surface area contributed by atoms with Gasteiger partial charge in [-0.3, -0.25) is 14.1 Å². The molecule has 0 spiro atoms. The van der Waals surface area contributed by atoms with Crippen LogP contribution >= 0.6 is 7.82 Å². The fourth-order valence-corrected chi connectivity index (χ4v) is 3.14. The second-order valence-corrected chi connectivity index (χ2v) is 7.47. The lowest BCUT2D eigenvalue weighted by molar-refractivity contribution is 0.0977. The van der Waals surface area contributed by atoms with Crippen molar-refractivity contribution in [3.8, 4) is 0 Å². The van der Waals surface area contributed by atoms with Crippen molar-refractivity contribution in [2.45, 2.75) is 13.8 Å². The quantitative estimate of drug-likeness (QED) is 0.466. The molecule has 8 heteroatoms. The summed E-state index contributed by atoms with van der Waals surface area (Å²) in [5.74, 6) is -0.0853. The fraction of sp³-hybridized carbons (Fsp3) is 0.263. The van der Waals surface area contributed by atoms with Gasteiger partial charge in [-0.2, -0.15) is 0 Å². The van der Waals surface area contributed by atoms with Gasteiger partial charge in [0.2, 0.25) is 5.78 Å². The van der Waals surface area contributed by atoms with Gasteiger partial charge in [-0.1, -0.05) is 30.3 Å². The van der Waals surface area contributed by atoms with E-state index in [-0.39, 0.29) is 11.6 Å². The lowest BCUT2D eigenvalue weighted by Gasteiger charge is -2.34. The summed E-state index contributed by atoms with van der Waals surface area (Å²) in [5.41, 5.74) is 3.09. The van der Waals surface area contributed by atoms with Crippen molar-refractivity contribution in [3.63, 3.8) is 0 Å². The van der Waals surface area contributed by atoms with E-state index in [1.807, 2.05) is 18.2 Å². The monoisotopic (exact) mass is 392 g/mol. The molecule has 0 atom stereocenters. The Balaban J connectivity index is 0.000000465. The molecule has 0 saturated heterocycles. The molecule has 3 rings (SSSR count). The van der Waals surface area contributed by atoms with Crippen molar-refractivity contribution >= 4 is 25.1 Å². The molecule has 0 saturated carbocycles. The minimum atomic E-state index is -4.64. The van der Waals surface area contributed by atoms with Crippen molar-refractivity contribution in [2.24, 2.45) is 0 Å². The number of rotatable bonds is 3. The first kappa shape index (κ1) is 21.2. The van der Waals surface area contributed by atoms with E-state index in [1.54, 1.807) is 24.3 Å².